The van der Waals surface area contributed by atoms with E-state index in [1.165, 1.54) is 7.11 Å². The first-order valence-electron chi connectivity index (χ1n) is 21.1. The monoisotopic (exact) mass is 833 g/mol. The molecule has 2 aromatic carbocycles. The predicted octanol–water partition coefficient (Wildman–Crippen LogP) is 6.56. The van der Waals surface area contributed by atoms with Gasteiger partial charge in [0.25, 0.3) is 0 Å². The van der Waals surface area contributed by atoms with Crippen molar-refractivity contribution >= 4 is 23.9 Å². The maximum absolute atomic E-state index is 14.9. The van der Waals surface area contributed by atoms with Crippen molar-refractivity contribution in [3.05, 3.63) is 119 Å². The number of aryl methyl sites for hydroxylation is 2. The van der Waals surface area contributed by atoms with Gasteiger partial charge in [0.1, 0.15) is 6.04 Å². The molecule has 5 amide bonds. The highest BCUT2D eigenvalue weighted by Gasteiger charge is 2.44. The third-order valence-corrected chi connectivity index (χ3v) is 11.0. The molecule has 1 fully saturated rings. The number of carbonyl (C=O) groups is 4. The number of pyridine rings is 2. The van der Waals surface area contributed by atoms with Gasteiger partial charge in [-0.25, -0.2) is 9.59 Å². The zero-order valence-electron chi connectivity index (χ0n) is 36.9. The Morgan fingerprint density at radius 3 is 2.15 bits per heavy atom. The number of amides is 5. The second-order valence-corrected chi connectivity index (χ2v) is 18.0. The molecule has 1 saturated heterocycles. The van der Waals surface area contributed by atoms with Gasteiger partial charge in [0.15, 0.2) is 0 Å². The summed E-state index contributed by atoms with van der Waals surface area (Å²) in [6.45, 7) is 14.8. The highest BCUT2D eigenvalue weighted by molar-refractivity contribution is 5.89. The zero-order valence-corrected chi connectivity index (χ0v) is 36.9. The molecule has 0 radical (unpaired) electrons. The van der Waals surface area contributed by atoms with E-state index >= 15 is 0 Å². The van der Waals surface area contributed by atoms with Crippen molar-refractivity contribution in [3.8, 4) is 11.3 Å². The summed E-state index contributed by atoms with van der Waals surface area (Å²) in [5, 5.41) is 20.5. The van der Waals surface area contributed by atoms with Crippen molar-refractivity contribution in [1.29, 1.82) is 0 Å². The minimum atomic E-state index is -1.04. The van der Waals surface area contributed by atoms with Gasteiger partial charge in [-0.3, -0.25) is 19.6 Å². The number of aliphatic hydroxyl groups is 1. The van der Waals surface area contributed by atoms with Crippen molar-refractivity contribution in [3.63, 3.8) is 0 Å². The van der Waals surface area contributed by atoms with Crippen LogP contribution in [0, 0.1) is 24.7 Å². The molecule has 4 aromatic rings. The highest BCUT2D eigenvalue weighted by atomic mass is 16.5. The third-order valence-electron chi connectivity index (χ3n) is 11.0. The van der Waals surface area contributed by atoms with Crippen LogP contribution in [0.3, 0.4) is 0 Å². The van der Waals surface area contributed by atoms with E-state index < -0.39 is 35.1 Å². The Morgan fingerprint density at radius 1 is 0.836 bits per heavy atom. The van der Waals surface area contributed by atoms with Gasteiger partial charge in [-0.15, -0.1) is 0 Å². The Hall–Kier alpha value is -5.82. The number of nitrogens with zero attached hydrogens (tertiary/aromatic N) is 4. The molecule has 0 bridgehead atoms. The lowest BCUT2D eigenvalue weighted by atomic mass is 9.81. The maximum atomic E-state index is 14.9. The number of ether oxygens (including phenoxy) is 1. The molecule has 0 saturated carbocycles. The quantitative estimate of drug-likeness (QED) is 0.0875. The van der Waals surface area contributed by atoms with Crippen LogP contribution in [0.4, 0.5) is 9.59 Å². The molecule has 4 N–H and O–H groups in total. The van der Waals surface area contributed by atoms with Crippen LogP contribution in [-0.4, -0.2) is 100 Å². The first-order valence-corrected chi connectivity index (χ1v) is 21.1. The van der Waals surface area contributed by atoms with Crippen LogP contribution in [0.5, 0.6) is 0 Å². The smallest absolute Gasteiger partial charge is 0.406 e. The van der Waals surface area contributed by atoms with Crippen LogP contribution < -0.4 is 16.0 Å². The number of hydrogen-bond donors (Lipinski definition) is 4. The van der Waals surface area contributed by atoms with E-state index in [0.717, 1.165) is 39.5 Å². The fraction of sp³-hybridized carbons (Fsp3) is 0.458. The van der Waals surface area contributed by atoms with Crippen molar-refractivity contribution in [2.24, 2.45) is 10.8 Å². The Kier molecular flexibility index (Phi) is 15.6. The standard InChI is InChI=1S/C48H63N7O6/c1-32-14-12-18-37(51-32)30-54-24-25-55(46(54)60)43(47(3,4)5)44(58)53-41(27-38(56)29-49-42(57)28-48(6,7)31-50-45(59)61-8)39(35-16-10-9-11-17-35)26-34-20-22-36(23-21-34)40-19-13-15-33(2)52-40/h9-23,38-39,41,43,56H,24-31H2,1-8H3,(H,49,57)(H,50,59)(H,53,58). The summed E-state index contributed by atoms with van der Waals surface area (Å²) in [6.07, 6.45) is -0.884. The van der Waals surface area contributed by atoms with Crippen LogP contribution in [0.1, 0.15) is 81.6 Å². The minimum Gasteiger partial charge on any atom is -0.453 e. The number of alkyl carbamates (subject to hydrolysis) is 1. The Labute approximate surface area is 360 Å². The summed E-state index contributed by atoms with van der Waals surface area (Å²) in [7, 11) is 1.28. The molecular formula is C48H63N7O6. The topological polar surface area (TPSA) is 166 Å². The summed E-state index contributed by atoms with van der Waals surface area (Å²) in [6, 6.07) is 28.1. The Balaban J connectivity index is 1.41. The highest BCUT2D eigenvalue weighted by Crippen LogP contribution is 2.32. The second kappa shape index (κ2) is 20.6. The molecule has 13 heteroatoms. The van der Waals surface area contributed by atoms with Crippen LogP contribution in [0.15, 0.2) is 91.0 Å². The number of aliphatic hydroxyl groups excluding tert-OH is 1. The molecule has 5 rings (SSSR count). The van der Waals surface area contributed by atoms with Gasteiger partial charge in [0, 0.05) is 61.5 Å². The number of aromatic nitrogens is 2. The number of urea groups is 1. The van der Waals surface area contributed by atoms with Crippen molar-refractivity contribution < 1.29 is 29.0 Å². The molecule has 13 nitrogen and oxygen atoms in total. The minimum absolute atomic E-state index is 0.0549. The summed E-state index contributed by atoms with van der Waals surface area (Å²) >= 11 is 0. The molecule has 4 unspecified atom stereocenters. The van der Waals surface area contributed by atoms with E-state index in [0.29, 0.717) is 26.1 Å². The van der Waals surface area contributed by atoms with Crippen LogP contribution in [0.25, 0.3) is 11.3 Å². The molecule has 0 spiro atoms. The lowest BCUT2D eigenvalue weighted by molar-refractivity contribution is -0.130. The molecule has 1 aliphatic rings. The first kappa shape index (κ1) is 46.2. The lowest BCUT2D eigenvalue weighted by Crippen LogP contribution is -2.57. The zero-order chi connectivity index (χ0) is 44.3. The number of hydrogen-bond acceptors (Lipinski definition) is 8. The molecular weight excluding hydrogens is 771 g/mol. The van der Waals surface area contributed by atoms with Crippen LogP contribution in [-0.2, 0) is 27.3 Å². The SMILES string of the molecule is COC(=O)NCC(C)(C)CC(=O)NCC(O)CC(NC(=O)C(N1CCN(Cc2cccc(C)n2)C1=O)C(C)(C)C)C(Cc1ccc(-c2cccc(C)n2)cc1)c1ccccc1. The van der Waals surface area contributed by atoms with Gasteiger partial charge in [-0.1, -0.05) is 101 Å². The summed E-state index contributed by atoms with van der Waals surface area (Å²) in [5.74, 6) is -0.912. The Morgan fingerprint density at radius 2 is 1.51 bits per heavy atom. The second-order valence-electron chi connectivity index (χ2n) is 18.0. The van der Waals surface area contributed by atoms with E-state index in [-0.39, 0.29) is 49.7 Å². The number of nitrogens with one attached hydrogen (secondary N) is 3. The summed E-state index contributed by atoms with van der Waals surface area (Å²) in [4.78, 5) is 66.4. The number of carbonyl (C=O) groups excluding carboxylic acids is 4. The number of benzene rings is 2. The van der Waals surface area contributed by atoms with E-state index in [1.54, 1.807) is 9.80 Å². The molecule has 1 aliphatic heterocycles. The third kappa shape index (κ3) is 13.3. The summed E-state index contributed by atoms with van der Waals surface area (Å²) in [5.41, 5.74) is 5.21. The molecule has 326 valence electrons. The number of methoxy groups -OCH3 is 1. The average molecular weight is 834 g/mol. The average Bonchev–Trinajstić information content (AvgIpc) is 3.55. The van der Waals surface area contributed by atoms with Gasteiger partial charge in [0.05, 0.1) is 31.1 Å². The fourth-order valence-electron chi connectivity index (χ4n) is 7.97. The lowest BCUT2D eigenvalue weighted by Gasteiger charge is -2.39. The maximum Gasteiger partial charge on any atom is 0.406 e. The number of rotatable bonds is 18. The Bertz CT molecular complexity index is 2100. The predicted molar refractivity (Wildman–Crippen MR) is 236 cm³/mol. The van der Waals surface area contributed by atoms with Gasteiger partial charge >= 0.3 is 12.1 Å². The van der Waals surface area contributed by atoms with Gasteiger partial charge in [-0.2, -0.15) is 0 Å². The van der Waals surface area contributed by atoms with E-state index in [1.807, 2.05) is 127 Å². The molecule has 2 aromatic heterocycles. The molecule has 3 heterocycles. The summed E-state index contributed by atoms with van der Waals surface area (Å²) < 4.78 is 4.67. The fourth-order valence-corrected chi connectivity index (χ4v) is 7.97. The molecule has 0 aliphatic carbocycles. The van der Waals surface area contributed by atoms with Crippen molar-refractivity contribution in [2.75, 3.05) is 33.3 Å². The van der Waals surface area contributed by atoms with Gasteiger partial charge < -0.3 is 35.6 Å². The first-order chi connectivity index (χ1) is 28.9. The van der Waals surface area contributed by atoms with E-state index in [9.17, 15) is 24.3 Å². The van der Waals surface area contributed by atoms with Crippen LogP contribution in [0.2, 0.25) is 0 Å². The molecule has 4 atom stereocenters. The normalized spacial score (nSPS) is 15.1. The van der Waals surface area contributed by atoms with E-state index in [4.69, 9.17) is 0 Å². The van der Waals surface area contributed by atoms with Gasteiger partial charge in [0.2, 0.25) is 11.8 Å². The largest absolute Gasteiger partial charge is 0.453 e. The van der Waals surface area contributed by atoms with Gasteiger partial charge in [-0.05, 0) is 72.9 Å². The van der Waals surface area contributed by atoms with Crippen LogP contribution >= 0.6 is 0 Å². The molecule has 61 heavy (non-hydrogen) atoms. The van der Waals surface area contributed by atoms with Crippen molar-refractivity contribution in [1.82, 2.24) is 35.7 Å². The van der Waals surface area contributed by atoms with E-state index in [2.05, 4.69) is 42.8 Å². The van der Waals surface area contributed by atoms with Crippen molar-refractivity contribution in [2.45, 2.75) is 98.4 Å².